The minimum absolute atomic E-state index is 0.0702. The number of aliphatic hydroxyl groups is 4. The van der Waals surface area contributed by atoms with Crippen molar-refractivity contribution in [2.45, 2.75) is 43.6 Å². The molecule has 2 aromatic heterocycles. The van der Waals surface area contributed by atoms with Crippen LogP contribution in [0.5, 0.6) is 0 Å². The van der Waals surface area contributed by atoms with E-state index in [1.54, 1.807) is 0 Å². The van der Waals surface area contributed by atoms with E-state index < -0.39 is 48.4 Å². The van der Waals surface area contributed by atoms with Crippen molar-refractivity contribution < 1.29 is 39.9 Å². The first-order valence-electron chi connectivity index (χ1n) is 8.31. The number of aromatic nitrogens is 4. The number of carboxylic acids is 1. The number of hydrogen-bond acceptors (Lipinski definition) is 12. The molecule has 7 N–H and O–H groups in total. The first-order valence-corrected chi connectivity index (χ1v) is 8.31. The van der Waals surface area contributed by atoms with Crippen LogP contribution in [0.2, 0.25) is 0 Å². The van der Waals surface area contributed by atoms with Gasteiger partial charge < -0.3 is 35.7 Å². The van der Waals surface area contributed by atoms with E-state index in [4.69, 9.17) is 9.84 Å². The van der Waals surface area contributed by atoms with Crippen LogP contribution in [0.1, 0.15) is 13.2 Å². The highest BCUT2D eigenvalue weighted by molar-refractivity contribution is 5.83. The number of nitrogens with one attached hydrogen (secondary N) is 2. The molecule has 1 saturated heterocycles. The third-order valence-corrected chi connectivity index (χ3v) is 4.34. The van der Waals surface area contributed by atoms with Crippen molar-refractivity contribution in [3.8, 4) is 0 Å². The van der Waals surface area contributed by atoms with Gasteiger partial charge in [0.25, 0.3) is 0 Å². The molecule has 3 rings (SSSR count). The van der Waals surface area contributed by atoms with Gasteiger partial charge in [-0.15, -0.1) is 0 Å². The number of aliphatic hydroxyl groups excluding tert-OH is 4. The van der Waals surface area contributed by atoms with E-state index in [9.17, 15) is 30.0 Å². The van der Waals surface area contributed by atoms with Crippen molar-refractivity contribution in [2.75, 3.05) is 5.43 Å². The Morgan fingerprint density at radius 1 is 1.28 bits per heavy atom. The maximum Gasteiger partial charge on any atom is 0.325 e. The third-order valence-electron chi connectivity index (χ3n) is 4.34. The second kappa shape index (κ2) is 8.08. The molecule has 1 aliphatic rings. The highest BCUT2D eigenvalue weighted by Crippen LogP contribution is 2.33. The SMILES string of the molecule is C[C@@H](O)[C@H](NNc1ncnc2c1ncn2[C@@H]1O[C@H](C(O)=C=O)[C@@H](O)[C@H]1O)C(=O)O. The molecule has 0 aliphatic carbocycles. The molecule has 14 nitrogen and oxygen atoms in total. The lowest BCUT2D eigenvalue weighted by molar-refractivity contribution is -0.141. The molecule has 1 aliphatic heterocycles. The average molecular weight is 410 g/mol. The Hall–Kier alpha value is -3.13. The van der Waals surface area contributed by atoms with Gasteiger partial charge in [-0.05, 0) is 6.92 Å². The molecule has 0 radical (unpaired) electrons. The van der Waals surface area contributed by atoms with Gasteiger partial charge >= 0.3 is 5.97 Å². The van der Waals surface area contributed by atoms with Gasteiger partial charge in [-0.2, -0.15) is 0 Å². The van der Waals surface area contributed by atoms with Gasteiger partial charge in [0.15, 0.2) is 35.3 Å². The molecule has 156 valence electrons. The zero-order valence-electron chi connectivity index (χ0n) is 14.9. The van der Waals surface area contributed by atoms with E-state index >= 15 is 0 Å². The number of anilines is 1. The Morgan fingerprint density at radius 2 is 2.00 bits per heavy atom. The van der Waals surface area contributed by atoms with Crippen LogP contribution in [0.4, 0.5) is 5.82 Å². The van der Waals surface area contributed by atoms with Crippen LogP contribution in [-0.4, -0.2) is 87.4 Å². The molecule has 3 heterocycles. The lowest BCUT2D eigenvalue weighted by Crippen LogP contribution is -2.47. The highest BCUT2D eigenvalue weighted by atomic mass is 16.6. The van der Waals surface area contributed by atoms with Gasteiger partial charge in [0, 0.05) is 0 Å². The summed E-state index contributed by atoms with van der Waals surface area (Å²) in [6.45, 7) is 1.29. The van der Waals surface area contributed by atoms with Crippen LogP contribution in [0.15, 0.2) is 18.4 Å². The largest absolute Gasteiger partial charge is 0.500 e. The molecule has 14 heteroatoms. The normalized spacial score (nSPS) is 26.1. The van der Waals surface area contributed by atoms with Crippen molar-refractivity contribution in [1.29, 1.82) is 0 Å². The van der Waals surface area contributed by atoms with Crippen LogP contribution in [0.3, 0.4) is 0 Å². The number of carbonyl (C=O) groups excluding carboxylic acids is 1. The molecule has 0 amide bonds. The molecule has 29 heavy (non-hydrogen) atoms. The van der Waals surface area contributed by atoms with E-state index in [1.807, 2.05) is 0 Å². The van der Waals surface area contributed by atoms with Crippen molar-refractivity contribution in [1.82, 2.24) is 24.9 Å². The van der Waals surface area contributed by atoms with Crippen molar-refractivity contribution >= 4 is 28.9 Å². The fourth-order valence-corrected chi connectivity index (χ4v) is 2.84. The number of aliphatic carboxylic acids is 1. The molecular weight excluding hydrogens is 392 g/mol. The molecular formula is C15H18N6O8. The second-order valence-electron chi connectivity index (χ2n) is 6.29. The number of carbonyl (C=O) groups is 1. The smallest absolute Gasteiger partial charge is 0.325 e. The van der Waals surface area contributed by atoms with E-state index in [-0.39, 0.29) is 17.0 Å². The summed E-state index contributed by atoms with van der Waals surface area (Å²) in [6.07, 6.45) is -4.71. The Kier molecular flexibility index (Phi) is 5.74. The molecule has 2 aromatic rings. The van der Waals surface area contributed by atoms with Gasteiger partial charge in [-0.25, -0.2) is 25.2 Å². The molecule has 0 saturated carbocycles. The summed E-state index contributed by atoms with van der Waals surface area (Å²) in [5.74, 6) is -0.923. The van der Waals surface area contributed by atoms with E-state index in [1.165, 1.54) is 23.8 Å². The fourth-order valence-electron chi connectivity index (χ4n) is 2.84. The number of imidazole rings is 1. The number of ether oxygens (including phenoxy) is 1. The van der Waals surface area contributed by atoms with Gasteiger partial charge in [-0.1, -0.05) is 0 Å². The maximum absolute atomic E-state index is 11.1. The van der Waals surface area contributed by atoms with Gasteiger partial charge in [0.05, 0.1) is 12.4 Å². The molecule has 6 atom stereocenters. The van der Waals surface area contributed by atoms with Crippen molar-refractivity contribution in [2.24, 2.45) is 0 Å². The molecule has 0 aromatic carbocycles. The minimum atomic E-state index is -1.60. The van der Waals surface area contributed by atoms with Crippen molar-refractivity contribution in [3.05, 3.63) is 18.4 Å². The van der Waals surface area contributed by atoms with Gasteiger partial charge in [-0.3, -0.25) is 9.36 Å². The van der Waals surface area contributed by atoms with Crippen LogP contribution in [-0.2, 0) is 14.3 Å². The standard InChI is InChI=1S/C15H18N6O8/c1-5(23)7(15(27)28)19-20-12-8-13(17-3-16-12)21(4-18-8)14-10(26)9(25)11(29-14)6(24)2-22/h3-5,7,9-11,14,19,23-26H,1H3,(H,27,28)(H,16,17,20)/t5-,7+,9+,10-,11-,14-/m1/s1. The minimum Gasteiger partial charge on any atom is -0.500 e. The summed E-state index contributed by atoms with van der Waals surface area (Å²) in [7, 11) is 0. The molecule has 0 bridgehead atoms. The Balaban J connectivity index is 1.89. The summed E-state index contributed by atoms with van der Waals surface area (Å²) in [6, 6.07) is -1.34. The number of rotatable bonds is 7. The van der Waals surface area contributed by atoms with Crippen LogP contribution < -0.4 is 10.9 Å². The number of fused-ring (bicyclic) bond motifs is 1. The first-order chi connectivity index (χ1) is 13.8. The third kappa shape index (κ3) is 3.75. The molecule has 0 spiro atoms. The number of hydrogen-bond donors (Lipinski definition) is 7. The fraction of sp³-hybridized carbons (Fsp3) is 0.467. The Morgan fingerprint density at radius 3 is 2.62 bits per heavy atom. The summed E-state index contributed by atoms with van der Waals surface area (Å²) >= 11 is 0. The van der Waals surface area contributed by atoms with Crippen molar-refractivity contribution in [3.63, 3.8) is 0 Å². The number of nitrogens with zero attached hydrogens (tertiary/aromatic N) is 4. The first kappa shape index (κ1) is 20.6. The predicted octanol–water partition coefficient (Wildman–Crippen LogP) is -2.53. The number of carboxylic acid groups (broad SMARTS) is 1. The van der Waals surface area contributed by atoms with Crippen LogP contribution in [0.25, 0.3) is 11.2 Å². The Bertz CT molecular complexity index is 957. The lowest BCUT2D eigenvalue weighted by atomic mass is 10.1. The predicted molar refractivity (Wildman–Crippen MR) is 92.9 cm³/mol. The van der Waals surface area contributed by atoms with E-state index in [0.717, 1.165) is 6.33 Å². The summed E-state index contributed by atoms with van der Waals surface area (Å²) in [4.78, 5) is 33.8. The zero-order valence-corrected chi connectivity index (χ0v) is 14.9. The summed E-state index contributed by atoms with van der Waals surface area (Å²) in [5, 5.41) is 48.3. The van der Waals surface area contributed by atoms with E-state index in [2.05, 4.69) is 25.8 Å². The lowest BCUT2D eigenvalue weighted by Gasteiger charge is -2.18. The Labute approximate surface area is 162 Å². The highest BCUT2D eigenvalue weighted by Gasteiger charge is 2.46. The summed E-state index contributed by atoms with van der Waals surface area (Å²) < 4.78 is 6.61. The van der Waals surface area contributed by atoms with E-state index in [0.29, 0.717) is 0 Å². The molecule has 0 unspecified atom stereocenters. The second-order valence-corrected chi connectivity index (χ2v) is 6.29. The van der Waals surface area contributed by atoms with Gasteiger partial charge in [0.1, 0.15) is 24.6 Å². The summed E-state index contributed by atoms with van der Waals surface area (Å²) in [5.41, 5.74) is 5.25. The average Bonchev–Trinajstić information content (AvgIpc) is 3.23. The molecule has 1 fully saturated rings. The van der Waals surface area contributed by atoms with Crippen LogP contribution >= 0.6 is 0 Å². The number of hydrazine groups is 1. The quantitative estimate of drug-likeness (QED) is 0.143. The van der Waals surface area contributed by atoms with Gasteiger partial charge in [0.2, 0.25) is 5.76 Å². The van der Waals surface area contributed by atoms with Crippen LogP contribution in [0, 0.1) is 0 Å². The zero-order chi connectivity index (χ0) is 21.3. The maximum atomic E-state index is 11.1. The topological polar surface area (TPSA) is 212 Å². The monoisotopic (exact) mass is 410 g/mol.